The number of nitrogens with zero attached hydrogens (tertiary/aromatic N) is 1. The average molecular weight is 361 g/mol. The van der Waals surface area contributed by atoms with E-state index in [1.165, 1.54) is 17.8 Å². The lowest BCUT2D eigenvalue weighted by Crippen LogP contribution is -2.41. The summed E-state index contributed by atoms with van der Waals surface area (Å²) < 4.78 is 13.5. The Labute approximate surface area is 150 Å². The van der Waals surface area contributed by atoms with Crippen LogP contribution in [-0.4, -0.2) is 31.7 Å². The minimum absolute atomic E-state index is 0.164. The molecular formula is C18H20FN3O2S. The predicted octanol–water partition coefficient (Wildman–Crippen LogP) is 2.84. The van der Waals surface area contributed by atoms with E-state index in [0.29, 0.717) is 16.2 Å². The zero-order valence-electron chi connectivity index (χ0n) is 14.1. The standard InChI is InChI=1S/C18H20FN3O2S/c1-22(2)14-7-5-6-13(12-14)18(24)21-20-17(23)10-11-25-16-9-4-3-8-15(16)19/h3-9,12H,10-11H2,1-2H3,(H,20,23)(H,21,24). The highest BCUT2D eigenvalue weighted by molar-refractivity contribution is 7.99. The lowest BCUT2D eigenvalue weighted by molar-refractivity contribution is -0.121. The molecular weight excluding hydrogens is 341 g/mol. The van der Waals surface area contributed by atoms with Gasteiger partial charge in [0.15, 0.2) is 0 Å². The fourth-order valence-corrected chi connectivity index (χ4v) is 2.89. The topological polar surface area (TPSA) is 61.4 Å². The molecule has 0 atom stereocenters. The fourth-order valence-electron chi connectivity index (χ4n) is 2.00. The van der Waals surface area contributed by atoms with Crippen LogP contribution < -0.4 is 15.8 Å². The van der Waals surface area contributed by atoms with Crippen LogP contribution in [0.25, 0.3) is 0 Å². The number of amides is 2. The van der Waals surface area contributed by atoms with Crippen molar-refractivity contribution in [2.45, 2.75) is 11.3 Å². The van der Waals surface area contributed by atoms with Crippen molar-refractivity contribution in [3.05, 3.63) is 59.9 Å². The van der Waals surface area contributed by atoms with Gasteiger partial charge in [-0.1, -0.05) is 18.2 Å². The maximum absolute atomic E-state index is 13.5. The Hall–Kier alpha value is -2.54. The first-order valence-corrected chi connectivity index (χ1v) is 8.70. The van der Waals surface area contributed by atoms with Gasteiger partial charge in [0.05, 0.1) is 0 Å². The molecule has 0 aliphatic carbocycles. The summed E-state index contributed by atoms with van der Waals surface area (Å²) in [6.07, 6.45) is 0.164. The molecule has 0 heterocycles. The molecule has 0 fully saturated rings. The SMILES string of the molecule is CN(C)c1cccc(C(=O)NNC(=O)CCSc2ccccc2F)c1. The second-order valence-electron chi connectivity index (χ2n) is 5.48. The number of halogens is 1. The van der Waals surface area contributed by atoms with E-state index in [1.807, 2.05) is 25.1 Å². The summed E-state index contributed by atoms with van der Waals surface area (Å²) in [4.78, 5) is 26.2. The van der Waals surface area contributed by atoms with Gasteiger partial charge >= 0.3 is 0 Å². The van der Waals surface area contributed by atoms with E-state index in [9.17, 15) is 14.0 Å². The van der Waals surface area contributed by atoms with Crippen molar-refractivity contribution in [3.63, 3.8) is 0 Å². The van der Waals surface area contributed by atoms with Crippen molar-refractivity contribution in [1.82, 2.24) is 10.9 Å². The number of carbonyl (C=O) groups excluding carboxylic acids is 2. The third-order valence-corrected chi connectivity index (χ3v) is 4.41. The lowest BCUT2D eigenvalue weighted by Gasteiger charge is -2.13. The largest absolute Gasteiger partial charge is 0.378 e. The van der Waals surface area contributed by atoms with Crippen molar-refractivity contribution < 1.29 is 14.0 Å². The molecule has 2 rings (SSSR count). The number of benzene rings is 2. The van der Waals surface area contributed by atoms with E-state index in [-0.39, 0.29) is 24.1 Å². The van der Waals surface area contributed by atoms with Crippen LogP contribution >= 0.6 is 11.8 Å². The Bertz CT molecular complexity index is 753. The van der Waals surface area contributed by atoms with Crippen LogP contribution in [0.15, 0.2) is 53.4 Å². The lowest BCUT2D eigenvalue weighted by atomic mass is 10.2. The van der Waals surface area contributed by atoms with Gasteiger partial charge in [-0.2, -0.15) is 0 Å². The second-order valence-corrected chi connectivity index (χ2v) is 6.61. The van der Waals surface area contributed by atoms with Gasteiger partial charge in [0.2, 0.25) is 5.91 Å². The summed E-state index contributed by atoms with van der Waals surface area (Å²) in [6, 6.07) is 13.5. The third kappa shape index (κ3) is 5.79. The van der Waals surface area contributed by atoms with E-state index in [1.54, 1.807) is 36.4 Å². The van der Waals surface area contributed by atoms with Crippen LogP contribution in [0.2, 0.25) is 0 Å². The van der Waals surface area contributed by atoms with Gasteiger partial charge in [0, 0.05) is 42.4 Å². The number of carbonyl (C=O) groups is 2. The van der Waals surface area contributed by atoms with Crippen LogP contribution in [0.5, 0.6) is 0 Å². The molecule has 0 bridgehead atoms. The highest BCUT2D eigenvalue weighted by Crippen LogP contribution is 2.21. The normalized spacial score (nSPS) is 10.2. The molecule has 25 heavy (non-hydrogen) atoms. The summed E-state index contributed by atoms with van der Waals surface area (Å²) in [5, 5.41) is 0. The van der Waals surface area contributed by atoms with Gasteiger partial charge in [0.1, 0.15) is 5.82 Å². The quantitative estimate of drug-likeness (QED) is 0.614. The van der Waals surface area contributed by atoms with Crippen LogP contribution in [0, 0.1) is 5.82 Å². The smallest absolute Gasteiger partial charge is 0.269 e. The first-order chi connectivity index (χ1) is 12.0. The van der Waals surface area contributed by atoms with Gasteiger partial charge in [-0.25, -0.2) is 4.39 Å². The Morgan fingerprint density at radius 1 is 1.08 bits per heavy atom. The van der Waals surface area contributed by atoms with E-state index in [2.05, 4.69) is 10.9 Å². The maximum atomic E-state index is 13.5. The van der Waals surface area contributed by atoms with Gasteiger partial charge in [-0.05, 0) is 30.3 Å². The number of thioether (sulfide) groups is 1. The fraction of sp³-hybridized carbons (Fsp3) is 0.222. The van der Waals surface area contributed by atoms with Crippen molar-refractivity contribution in [2.75, 3.05) is 24.7 Å². The Morgan fingerprint density at radius 3 is 2.56 bits per heavy atom. The molecule has 0 saturated heterocycles. The Balaban J connectivity index is 1.77. The van der Waals surface area contributed by atoms with E-state index < -0.39 is 0 Å². The predicted molar refractivity (Wildman–Crippen MR) is 98.1 cm³/mol. The van der Waals surface area contributed by atoms with Crippen molar-refractivity contribution >= 4 is 29.3 Å². The summed E-state index contributed by atoms with van der Waals surface area (Å²) >= 11 is 1.26. The van der Waals surface area contributed by atoms with Crippen LogP contribution in [0.4, 0.5) is 10.1 Å². The number of anilines is 1. The van der Waals surface area contributed by atoms with Crippen molar-refractivity contribution in [1.29, 1.82) is 0 Å². The molecule has 0 spiro atoms. The molecule has 132 valence electrons. The molecule has 5 nitrogen and oxygen atoms in total. The van der Waals surface area contributed by atoms with Gasteiger partial charge in [0.25, 0.3) is 5.91 Å². The summed E-state index contributed by atoms with van der Waals surface area (Å²) in [5.74, 6) is -0.611. The zero-order valence-corrected chi connectivity index (χ0v) is 14.9. The van der Waals surface area contributed by atoms with E-state index in [4.69, 9.17) is 0 Å². The second kappa shape index (κ2) is 9.08. The first kappa shape index (κ1) is 18.8. The number of rotatable bonds is 6. The molecule has 0 saturated carbocycles. The van der Waals surface area contributed by atoms with Crippen molar-refractivity contribution in [2.24, 2.45) is 0 Å². The molecule has 0 aromatic heterocycles. The number of hydrazine groups is 1. The molecule has 2 aromatic rings. The van der Waals surface area contributed by atoms with Gasteiger partial charge in [-0.3, -0.25) is 20.4 Å². The number of hydrogen-bond donors (Lipinski definition) is 2. The molecule has 0 aliphatic rings. The molecule has 2 aromatic carbocycles. The average Bonchev–Trinajstić information content (AvgIpc) is 2.61. The summed E-state index contributed by atoms with van der Waals surface area (Å²) in [7, 11) is 3.76. The zero-order chi connectivity index (χ0) is 18.2. The highest BCUT2D eigenvalue weighted by atomic mass is 32.2. The summed E-state index contributed by atoms with van der Waals surface area (Å²) in [6.45, 7) is 0. The monoisotopic (exact) mass is 361 g/mol. The molecule has 0 aliphatic heterocycles. The van der Waals surface area contributed by atoms with E-state index in [0.717, 1.165) is 5.69 Å². The molecule has 0 unspecified atom stereocenters. The van der Waals surface area contributed by atoms with Crippen LogP contribution in [-0.2, 0) is 4.79 Å². The van der Waals surface area contributed by atoms with Gasteiger partial charge in [-0.15, -0.1) is 11.8 Å². The third-order valence-electron chi connectivity index (χ3n) is 3.36. The van der Waals surface area contributed by atoms with Crippen LogP contribution in [0.1, 0.15) is 16.8 Å². The molecule has 7 heteroatoms. The first-order valence-electron chi connectivity index (χ1n) is 7.71. The van der Waals surface area contributed by atoms with Gasteiger partial charge < -0.3 is 4.90 Å². The van der Waals surface area contributed by atoms with Crippen molar-refractivity contribution in [3.8, 4) is 0 Å². The number of hydrogen-bond acceptors (Lipinski definition) is 4. The van der Waals surface area contributed by atoms with Crippen LogP contribution in [0.3, 0.4) is 0 Å². The highest BCUT2D eigenvalue weighted by Gasteiger charge is 2.09. The number of nitrogens with one attached hydrogen (secondary N) is 2. The Kier molecular flexibility index (Phi) is 6.82. The maximum Gasteiger partial charge on any atom is 0.269 e. The molecule has 2 amide bonds. The minimum Gasteiger partial charge on any atom is -0.378 e. The molecule has 0 radical (unpaired) electrons. The minimum atomic E-state index is -0.390. The molecule has 2 N–H and O–H groups in total. The van der Waals surface area contributed by atoms with E-state index >= 15 is 0 Å². The Morgan fingerprint density at radius 2 is 1.84 bits per heavy atom. The summed E-state index contributed by atoms with van der Waals surface area (Å²) in [5.41, 5.74) is 6.10.